The fourth-order valence-electron chi connectivity index (χ4n) is 2.15. The van der Waals surface area contributed by atoms with Gasteiger partial charge in [-0.25, -0.2) is 9.59 Å². The molecule has 0 aliphatic carbocycles. The molecule has 2 atom stereocenters. The third-order valence-electron chi connectivity index (χ3n) is 3.11. The second-order valence-electron chi connectivity index (χ2n) is 4.37. The first-order valence-electron chi connectivity index (χ1n) is 5.74. The summed E-state index contributed by atoms with van der Waals surface area (Å²) >= 11 is 1.45. The molecule has 7 heteroatoms. The molecule has 98 valence electrons. The third kappa shape index (κ3) is 2.61. The van der Waals surface area contributed by atoms with Crippen LogP contribution in [0.5, 0.6) is 0 Å². The van der Waals surface area contributed by atoms with E-state index in [1.165, 1.54) is 16.2 Å². The van der Waals surface area contributed by atoms with Crippen LogP contribution in [-0.4, -0.2) is 39.6 Å². The zero-order valence-electron chi connectivity index (χ0n) is 10.00. The summed E-state index contributed by atoms with van der Waals surface area (Å²) in [5.74, 6) is -0.940. The monoisotopic (exact) mass is 269 g/mol. The first-order chi connectivity index (χ1) is 8.59. The zero-order valence-corrected chi connectivity index (χ0v) is 10.8. The first kappa shape index (κ1) is 12.8. The molecule has 1 aromatic heterocycles. The van der Waals surface area contributed by atoms with Gasteiger partial charge in [0.05, 0.1) is 12.1 Å². The summed E-state index contributed by atoms with van der Waals surface area (Å²) in [7, 11) is 0. The van der Waals surface area contributed by atoms with Crippen molar-refractivity contribution in [1.82, 2.24) is 15.2 Å². The maximum Gasteiger partial charge on any atom is 0.326 e. The quantitative estimate of drug-likeness (QED) is 0.862. The van der Waals surface area contributed by atoms with Gasteiger partial charge in [0.25, 0.3) is 0 Å². The Morgan fingerprint density at radius 2 is 2.44 bits per heavy atom. The number of carboxylic acid groups (broad SMARTS) is 1. The number of likely N-dealkylation sites (tertiary alicyclic amines) is 1. The van der Waals surface area contributed by atoms with Gasteiger partial charge < -0.3 is 15.3 Å². The Morgan fingerprint density at radius 3 is 3.06 bits per heavy atom. The topological polar surface area (TPSA) is 82.5 Å². The van der Waals surface area contributed by atoms with Crippen LogP contribution in [0, 0.1) is 5.92 Å². The van der Waals surface area contributed by atoms with Crippen LogP contribution >= 0.6 is 11.3 Å². The van der Waals surface area contributed by atoms with E-state index in [0.717, 1.165) is 11.3 Å². The molecule has 0 radical (unpaired) electrons. The van der Waals surface area contributed by atoms with Crippen molar-refractivity contribution in [3.63, 3.8) is 0 Å². The molecule has 0 spiro atoms. The third-order valence-corrected chi connectivity index (χ3v) is 3.89. The Kier molecular flexibility index (Phi) is 3.81. The standard InChI is InChI=1S/C11H15N3O3S/c1-7-2-3-14(9(7)10(15)16)11(17)13-5-8-4-12-6-18-8/h4,6-7,9H,2-3,5H2,1H3,(H,13,17)(H,15,16). The molecule has 1 saturated heterocycles. The average molecular weight is 269 g/mol. The number of nitrogens with zero attached hydrogens (tertiary/aromatic N) is 2. The lowest BCUT2D eigenvalue weighted by molar-refractivity contribution is -0.142. The van der Waals surface area contributed by atoms with Crippen LogP contribution in [0.2, 0.25) is 0 Å². The van der Waals surface area contributed by atoms with E-state index < -0.39 is 12.0 Å². The van der Waals surface area contributed by atoms with Crippen LogP contribution in [0.25, 0.3) is 0 Å². The molecule has 1 fully saturated rings. The maximum atomic E-state index is 11.9. The van der Waals surface area contributed by atoms with Crippen LogP contribution in [0.15, 0.2) is 11.7 Å². The van der Waals surface area contributed by atoms with Gasteiger partial charge in [0, 0.05) is 17.6 Å². The number of rotatable bonds is 3. The van der Waals surface area contributed by atoms with Crippen molar-refractivity contribution >= 4 is 23.3 Å². The fraction of sp³-hybridized carbons (Fsp3) is 0.545. The molecule has 2 heterocycles. The Bertz CT molecular complexity index is 435. The number of hydrogen-bond donors (Lipinski definition) is 2. The van der Waals surface area contributed by atoms with Crippen LogP contribution in [0.3, 0.4) is 0 Å². The molecule has 2 unspecified atom stereocenters. The van der Waals surface area contributed by atoms with Gasteiger partial charge in [0.15, 0.2) is 0 Å². The van der Waals surface area contributed by atoms with E-state index in [1.807, 2.05) is 6.92 Å². The van der Waals surface area contributed by atoms with Crippen LogP contribution in [0.4, 0.5) is 4.79 Å². The van der Waals surface area contributed by atoms with Crippen molar-refractivity contribution in [3.05, 3.63) is 16.6 Å². The molecule has 2 rings (SSSR count). The van der Waals surface area contributed by atoms with Crippen LogP contribution in [-0.2, 0) is 11.3 Å². The highest BCUT2D eigenvalue weighted by molar-refractivity contribution is 7.09. The van der Waals surface area contributed by atoms with E-state index >= 15 is 0 Å². The first-order valence-corrected chi connectivity index (χ1v) is 6.62. The molecular weight excluding hydrogens is 254 g/mol. The smallest absolute Gasteiger partial charge is 0.326 e. The molecule has 0 aromatic carbocycles. The van der Waals surface area contributed by atoms with Crippen molar-refractivity contribution in [2.75, 3.05) is 6.54 Å². The Labute approximate surface area is 109 Å². The number of thiazole rings is 1. The number of nitrogens with one attached hydrogen (secondary N) is 1. The number of amides is 2. The van der Waals surface area contributed by atoms with Crippen molar-refractivity contribution in [3.8, 4) is 0 Å². The van der Waals surface area contributed by atoms with E-state index in [2.05, 4.69) is 10.3 Å². The highest BCUT2D eigenvalue weighted by Crippen LogP contribution is 2.24. The van der Waals surface area contributed by atoms with Gasteiger partial charge in [-0.05, 0) is 12.3 Å². The molecule has 1 aromatic rings. The minimum Gasteiger partial charge on any atom is -0.480 e. The average Bonchev–Trinajstić information content (AvgIpc) is 2.94. The lowest BCUT2D eigenvalue weighted by Gasteiger charge is -2.23. The number of aliphatic carboxylic acids is 1. The highest BCUT2D eigenvalue weighted by atomic mass is 32.1. The summed E-state index contributed by atoms with van der Waals surface area (Å²) in [5, 5.41) is 11.9. The molecular formula is C11H15N3O3S. The summed E-state index contributed by atoms with van der Waals surface area (Å²) in [4.78, 5) is 29.3. The minimum atomic E-state index is -0.937. The van der Waals surface area contributed by atoms with Gasteiger partial charge in [0.1, 0.15) is 6.04 Å². The van der Waals surface area contributed by atoms with Crippen molar-refractivity contribution in [1.29, 1.82) is 0 Å². The number of hydrogen-bond acceptors (Lipinski definition) is 4. The number of carbonyl (C=O) groups excluding carboxylic acids is 1. The summed E-state index contributed by atoms with van der Waals surface area (Å²) < 4.78 is 0. The summed E-state index contributed by atoms with van der Waals surface area (Å²) in [6, 6.07) is -1.04. The summed E-state index contributed by atoms with van der Waals surface area (Å²) in [5.41, 5.74) is 1.69. The lowest BCUT2D eigenvalue weighted by atomic mass is 10.0. The van der Waals surface area contributed by atoms with Crippen LogP contribution in [0.1, 0.15) is 18.2 Å². The van der Waals surface area contributed by atoms with Gasteiger partial charge in [-0.3, -0.25) is 4.98 Å². The molecule has 0 bridgehead atoms. The number of aromatic nitrogens is 1. The molecule has 18 heavy (non-hydrogen) atoms. The Morgan fingerprint density at radius 1 is 1.67 bits per heavy atom. The van der Waals surface area contributed by atoms with E-state index in [9.17, 15) is 9.59 Å². The minimum absolute atomic E-state index is 0.00310. The number of carboxylic acids is 1. The normalized spacial score (nSPS) is 23.1. The van der Waals surface area contributed by atoms with Gasteiger partial charge in [-0.15, -0.1) is 11.3 Å². The van der Waals surface area contributed by atoms with E-state index in [-0.39, 0.29) is 11.9 Å². The van der Waals surface area contributed by atoms with E-state index in [0.29, 0.717) is 13.1 Å². The fourth-order valence-corrected chi connectivity index (χ4v) is 2.68. The van der Waals surface area contributed by atoms with Gasteiger partial charge in [-0.1, -0.05) is 6.92 Å². The molecule has 0 saturated carbocycles. The predicted molar refractivity (Wildman–Crippen MR) is 66.3 cm³/mol. The van der Waals surface area contributed by atoms with Gasteiger partial charge in [-0.2, -0.15) is 0 Å². The molecule has 6 nitrogen and oxygen atoms in total. The number of urea groups is 1. The SMILES string of the molecule is CC1CCN(C(=O)NCc2cncs2)C1C(=O)O. The van der Waals surface area contributed by atoms with Crippen molar-refractivity contribution in [2.45, 2.75) is 25.9 Å². The second-order valence-corrected chi connectivity index (χ2v) is 5.34. The predicted octanol–water partition coefficient (Wildman–Crippen LogP) is 1.15. The van der Waals surface area contributed by atoms with Crippen LogP contribution < -0.4 is 5.32 Å². The lowest BCUT2D eigenvalue weighted by Crippen LogP contribution is -2.47. The largest absolute Gasteiger partial charge is 0.480 e. The van der Waals surface area contributed by atoms with E-state index in [4.69, 9.17) is 5.11 Å². The van der Waals surface area contributed by atoms with Gasteiger partial charge in [0.2, 0.25) is 0 Å². The highest BCUT2D eigenvalue weighted by Gasteiger charge is 2.39. The molecule has 2 N–H and O–H groups in total. The van der Waals surface area contributed by atoms with Gasteiger partial charge >= 0.3 is 12.0 Å². The van der Waals surface area contributed by atoms with Crippen molar-refractivity contribution < 1.29 is 14.7 Å². The number of carbonyl (C=O) groups is 2. The Balaban J connectivity index is 1.94. The summed E-state index contributed by atoms with van der Waals surface area (Å²) in [6.07, 6.45) is 2.41. The Hall–Kier alpha value is -1.63. The summed E-state index contributed by atoms with van der Waals surface area (Å²) in [6.45, 7) is 2.74. The van der Waals surface area contributed by atoms with Crippen molar-refractivity contribution in [2.24, 2.45) is 5.92 Å². The van der Waals surface area contributed by atoms with E-state index in [1.54, 1.807) is 11.7 Å². The molecule has 1 aliphatic rings. The molecule has 1 aliphatic heterocycles. The zero-order chi connectivity index (χ0) is 13.1. The molecule has 2 amide bonds. The maximum absolute atomic E-state index is 11.9. The second kappa shape index (κ2) is 5.34.